The summed E-state index contributed by atoms with van der Waals surface area (Å²) in [4.78, 5) is 0. The molecule has 0 spiro atoms. The second-order valence-electron chi connectivity index (χ2n) is 3.66. The Balaban J connectivity index is -0.0000000284. The van der Waals surface area contributed by atoms with Crippen molar-refractivity contribution in [2.24, 2.45) is 0 Å². The van der Waals surface area contributed by atoms with Crippen molar-refractivity contribution in [2.75, 3.05) is 0 Å². The predicted molar refractivity (Wildman–Crippen MR) is 56.1 cm³/mol. The smallest absolute Gasteiger partial charge is 1.00 e. The van der Waals surface area contributed by atoms with Crippen molar-refractivity contribution >= 4 is 21.8 Å². The normalized spacial score (nSPS) is 10.9. The Labute approximate surface area is 131 Å². The van der Waals surface area contributed by atoms with Gasteiger partial charge in [-0.1, -0.05) is 0 Å². The van der Waals surface area contributed by atoms with Crippen molar-refractivity contribution in [3.63, 3.8) is 0 Å². The Morgan fingerprint density at radius 1 is 0.591 bits per heavy atom. The first-order valence-corrected chi connectivity index (χ1v) is 4.34. The number of rotatable bonds is 0. The molecule has 0 aliphatic heterocycles. The fraction of sp³-hybridized carbons (Fsp3) is 1.00. The van der Waals surface area contributed by atoms with Gasteiger partial charge in [-0.15, -0.1) is 0 Å². The van der Waals surface area contributed by atoms with E-state index in [0.29, 0.717) is 0 Å². The second kappa shape index (κ2) is 14.4. The molecule has 0 aliphatic carbocycles. The van der Waals surface area contributed by atoms with Crippen molar-refractivity contribution in [1.82, 2.24) is 0 Å². The minimum Gasteiger partial charge on any atom is -1.00 e. The summed E-state index contributed by atoms with van der Waals surface area (Å²) in [6.07, 6.45) is 0. The number of hydrogen-bond acceptors (Lipinski definition) is 1. The van der Waals surface area contributed by atoms with Crippen molar-refractivity contribution in [3.8, 4) is 0 Å². The molecule has 18 heteroatoms. The molecule has 0 bridgehead atoms. The molecule has 0 aromatic carbocycles. The van der Waals surface area contributed by atoms with Crippen LogP contribution in [-0.4, -0.2) is 32.5 Å². The molecule has 0 saturated heterocycles. The van der Waals surface area contributed by atoms with E-state index in [0.717, 1.165) is 0 Å². The van der Waals surface area contributed by atoms with Crippen molar-refractivity contribution < 1.29 is 81.9 Å². The molecular weight excluding hydrogens is 350 g/mol. The molecule has 0 aromatic heterocycles. The molecule has 0 unspecified atom stereocenters. The largest absolute Gasteiger partial charge is 1.00 e. The van der Waals surface area contributed by atoms with Gasteiger partial charge in [-0.05, 0) is 20.8 Å². The van der Waals surface area contributed by atoms with Gasteiger partial charge in [-0.3, -0.25) is 4.70 Å². The quantitative estimate of drug-likeness (QED) is 0.516. The van der Waals surface area contributed by atoms with Gasteiger partial charge in [0.05, 0.1) is 5.60 Å². The van der Waals surface area contributed by atoms with Crippen LogP contribution in [0, 0.1) is 0 Å². The summed E-state index contributed by atoms with van der Waals surface area (Å²) in [5, 5.41) is 8.52. The molecule has 1 N–H and O–H groups in total. The fourth-order valence-electron chi connectivity index (χ4n) is 0. The molecule has 22 heavy (non-hydrogen) atoms. The molecule has 138 valence electrons. The number of aliphatic hydroxyl groups is 1. The van der Waals surface area contributed by atoms with Crippen LogP contribution in [0.2, 0.25) is 0 Å². The van der Waals surface area contributed by atoms with E-state index in [1.165, 1.54) is 0 Å². The minimum atomic E-state index is -6.00. The Hall–Kier alpha value is -0.158. The summed E-state index contributed by atoms with van der Waals surface area (Å²) in [5.41, 5.74) is -0.500. The molecule has 0 fully saturated rings. The molecule has 0 amide bonds. The topological polar surface area (TPSA) is 20.2 Å². The summed E-state index contributed by atoms with van der Waals surface area (Å²) >= 11 is 0. The third-order valence-corrected chi connectivity index (χ3v) is 0. The van der Waals surface area contributed by atoms with E-state index in [-0.39, 0.29) is 25.0 Å². The zero-order valence-electron chi connectivity index (χ0n) is 12.6. The fourth-order valence-corrected chi connectivity index (χ4v) is 0. The van der Waals surface area contributed by atoms with Gasteiger partial charge in [-0.2, -0.15) is 0 Å². The predicted octanol–water partition coefficient (Wildman–Crippen LogP) is 1.95. The maximum atomic E-state index is 9.75. The van der Waals surface area contributed by atoms with Gasteiger partial charge in [0.1, 0.15) is 0 Å². The van der Waals surface area contributed by atoms with E-state index in [9.17, 15) is 51.8 Å². The summed E-state index contributed by atoms with van der Waals surface area (Å²) in [6, 6.07) is 0. The second-order valence-corrected chi connectivity index (χ2v) is 3.66. The third kappa shape index (κ3) is 283000. The van der Waals surface area contributed by atoms with Gasteiger partial charge in [0.15, 0.2) is 0 Å². The van der Waals surface area contributed by atoms with E-state index in [1.54, 1.807) is 20.8 Å². The van der Waals surface area contributed by atoms with Crippen molar-refractivity contribution in [1.29, 1.82) is 0 Å². The van der Waals surface area contributed by atoms with Crippen LogP contribution in [-0.2, 0) is 0 Å². The molecule has 0 rings (SSSR count). The third-order valence-electron chi connectivity index (χ3n) is 0. The van der Waals surface area contributed by atoms with Gasteiger partial charge in [0.2, 0.25) is 0 Å². The molecule has 0 aromatic rings. The van der Waals surface area contributed by atoms with Crippen LogP contribution in [0.5, 0.6) is 0 Å². The molecule has 0 saturated carbocycles. The van der Waals surface area contributed by atoms with Gasteiger partial charge in [-0.25, -0.2) is 0 Å². The number of halogens is 13. The van der Waals surface area contributed by atoms with Crippen LogP contribution in [0.3, 0.4) is 0 Å². The zero-order valence-corrected chi connectivity index (χ0v) is 11.6. The van der Waals surface area contributed by atoms with Gasteiger partial charge in [0, 0.05) is 0 Å². The molecule has 0 atom stereocenters. The first kappa shape index (κ1) is 37.8. The Kier molecular flexibility index (Phi) is 24.8. The summed E-state index contributed by atoms with van der Waals surface area (Å²) < 4.78 is 117. The monoisotopic (exact) mass is 363 g/mol. The molecule has 1 nitrogen and oxygen atoms in total. The summed E-state index contributed by atoms with van der Waals surface area (Å²) in [7, 11) is -18.0. The van der Waals surface area contributed by atoms with Crippen LogP contribution < -0.4 is 18.9 Å². The summed E-state index contributed by atoms with van der Waals surface area (Å²) in [6.45, 7) is 5.23. The average Bonchev–Trinajstić information content (AvgIpc) is 1.62. The first-order valence-electron chi connectivity index (χ1n) is 4.34. The van der Waals surface area contributed by atoms with E-state index >= 15 is 0 Å². The maximum Gasteiger partial charge on any atom is 1.00 e. The van der Waals surface area contributed by atoms with Gasteiger partial charge >= 0.3 is 40.6 Å². The zero-order chi connectivity index (χ0) is 18.0. The molecule has 0 heterocycles. The van der Waals surface area contributed by atoms with Crippen molar-refractivity contribution in [3.05, 3.63) is 0 Å². The van der Waals surface area contributed by atoms with E-state index < -0.39 is 27.4 Å². The summed E-state index contributed by atoms with van der Waals surface area (Å²) in [5.74, 6) is 0. The van der Waals surface area contributed by atoms with Crippen LogP contribution in [0.4, 0.5) is 56.5 Å². The molecular formula is C4H12B3F13LiO-3. The van der Waals surface area contributed by atoms with Crippen LogP contribution in [0.25, 0.3) is 0 Å². The molecule has 0 radical (unpaired) electrons. The standard InChI is InChI=1S/C4H10O.3BF4.FH.Li.H/c1-4(2,3)5;3*2-1(3,4)5;;;/h5H,1-3H3;;;;1H;;/q;3*-1;;+1;-1. The van der Waals surface area contributed by atoms with Crippen LogP contribution in [0.15, 0.2) is 0 Å². The van der Waals surface area contributed by atoms with E-state index in [4.69, 9.17) is 5.11 Å². The maximum absolute atomic E-state index is 9.75. The van der Waals surface area contributed by atoms with Crippen LogP contribution in [0.1, 0.15) is 22.2 Å². The van der Waals surface area contributed by atoms with Crippen molar-refractivity contribution in [2.45, 2.75) is 26.4 Å². The average molecular weight is 362 g/mol. The van der Waals surface area contributed by atoms with E-state index in [1.807, 2.05) is 0 Å². The number of hydrogen-bond donors (Lipinski definition) is 1. The Bertz CT molecular complexity index is 153. The van der Waals surface area contributed by atoms with Gasteiger partial charge < -0.3 is 58.3 Å². The molecule has 0 aliphatic rings. The Morgan fingerprint density at radius 2 is 0.591 bits per heavy atom. The SMILES string of the molecule is CC(C)(C)O.F.F[B-](F)(F)F.F[B-](F)(F)F.F[B-](F)(F)F.[H-].[Li+]. The first-order chi connectivity index (χ1) is 8.00. The Morgan fingerprint density at radius 3 is 0.591 bits per heavy atom. The van der Waals surface area contributed by atoms with E-state index in [2.05, 4.69) is 0 Å². The van der Waals surface area contributed by atoms with Crippen LogP contribution >= 0.6 is 0 Å². The minimum absolute atomic E-state index is 0. The van der Waals surface area contributed by atoms with Gasteiger partial charge in [0.25, 0.3) is 0 Å².